The SMILES string of the molecule is CCNC(Cc1cc(C)cc(C)c1)c1ccc(F)cc1C. The molecule has 1 nitrogen and oxygen atoms in total. The van der Waals surface area contributed by atoms with Gasteiger partial charge >= 0.3 is 0 Å². The van der Waals surface area contributed by atoms with Gasteiger partial charge in [-0.2, -0.15) is 0 Å². The topological polar surface area (TPSA) is 12.0 Å². The third-order valence-electron chi connectivity index (χ3n) is 3.78. The van der Waals surface area contributed by atoms with Crippen LogP contribution in [0.4, 0.5) is 4.39 Å². The Hall–Kier alpha value is -1.67. The van der Waals surface area contributed by atoms with Gasteiger partial charge in [0.2, 0.25) is 0 Å². The predicted molar refractivity (Wildman–Crippen MR) is 87.2 cm³/mol. The van der Waals surface area contributed by atoms with E-state index >= 15 is 0 Å². The summed E-state index contributed by atoms with van der Waals surface area (Å²) in [5, 5.41) is 3.52. The lowest BCUT2D eigenvalue weighted by molar-refractivity contribution is 0.544. The largest absolute Gasteiger partial charge is 0.310 e. The Balaban J connectivity index is 2.30. The van der Waals surface area contributed by atoms with E-state index < -0.39 is 0 Å². The Kier molecular flexibility index (Phi) is 5.13. The van der Waals surface area contributed by atoms with E-state index in [1.54, 1.807) is 12.1 Å². The van der Waals surface area contributed by atoms with Crippen molar-refractivity contribution in [3.63, 3.8) is 0 Å². The zero-order valence-corrected chi connectivity index (χ0v) is 13.3. The zero-order valence-electron chi connectivity index (χ0n) is 13.3. The summed E-state index contributed by atoms with van der Waals surface area (Å²) in [4.78, 5) is 0. The average molecular weight is 285 g/mol. The molecule has 1 N–H and O–H groups in total. The highest BCUT2D eigenvalue weighted by Gasteiger charge is 2.14. The molecule has 0 saturated heterocycles. The normalized spacial score (nSPS) is 12.4. The zero-order chi connectivity index (χ0) is 15.4. The molecule has 0 aliphatic heterocycles. The maximum absolute atomic E-state index is 13.3. The molecule has 2 heteroatoms. The number of halogens is 1. The molecule has 0 aliphatic carbocycles. The fraction of sp³-hybridized carbons (Fsp3) is 0.368. The number of rotatable bonds is 5. The summed E-state index contributed by atoms with van der Waals surface area (Å²) in [5.41, 5.74) is 6.08. The molecule has 1 atom stereocenters. The molecule has 0 bridgehead atoms. The van der Waals surface area contributed by atoms with E-state index in [9.17, 15) is 4.39 Å². The van der Waals surface area contributed by atoms with Crippen LogP contribution in [0, 0.1) is 26.6 Å². The smallest absolute Gasteiger partial charge is 0.123 e. The lowest BCUT2D eigenvalue weighted by atomic mass is 9.94. The second-order valence-corrected chi connectivity index (χ2v) is 5.81. The quantitative estimate of drug-likeness (QED) is 0.843. The van der Waals surface area contributed by atoms with E-state index in [2.05, 4.69) is 44.3 Å². The number of hydrogen-bond donors (Lipinski definition) is 1. The van der Waals surface area contributed by atoms with Crippen molar-refractivity contribution < 1.29 is 4.39 Å². The van der Waals surface area contributed by atoms with Crippen molar-refractivity contribution >= 4 is 0 Å². The fourth-order valence-electron chi connectivity index (χ4n) is 2.99. The van der Waals surface area contributed by atoms with Crippen LogP contribution in [0.2, 0.25) is 0 Å². The Bertz CT molecular complexity index is 599. The first-order valence-corrected chi connectivity index (χ1v) is 7.56. The van der Waals surface area contributed by atoms with Crippen LogP contribution >= 0.6 is 0 Å². The number of nitrogens with one attached hydrogen (secondary N) is 1. The second kappa shape index (κ2) is 6.86. The number of hydrogen-bond acceptors (Lipinski definition) is 1. The summed E-state index contributed by atoms with van der Waals surface area (Å²) in [7, 11) is 0. The molecule has 0 fully saturated rings. The van der Waals surface area contributed by atoms with Crippen molar-refractivity contribution in [3.05, 3.63) is 70.0 Å². The molecule has 0 heterocycles. The molecule has 0 aromatic heterocycles. The van der Waals surface area contributed by atoms with E-state index in [1.165, 1.54) is 22.3 Å². The Morgan fingerprint density at radius 1 is 1.00 bits per heavy atom. The van der Waals surface area contributed by atoms with Crippen LogP contribution < -0.4 is 5.32 Å². The van der Waals surface area contributed by atoms with E-state index in [4.69, 9.17) is 0 Å². The minimum Gasteiger partial charge on any atom is -0.310 e. The van der Waals surface area contributed by atoms with Gasteiger partial charge in [-0.05, 0) is 62.6 Å². The van der Waals surface area contributed by atoms with E-state index in [0.717, 1.165) is 18.5 Å². The van der Waals surface area contributed by atoms with Crippen LogP contribution in [-0.4, -0.2) is 6.54 Å². The highest BCUT2D eigenvalue weighted by Crippen LogP contribution is 2.23. The highest BCUT2D eigenvalue weighted by molar-refractivity contribution is 5.34. The lowest BCUT2D eigenvalue weighted by Gasteiger charge is -2.21. The third-order valence-corrected chi connectivity index (χ3v) is 3.78. The molecule has 2 rings (SSSR count). The number of aryl methyl sites for hydroxylation is 3. The van der Waals surface area contributed by atoms with Gasteiger partial charge in [-0.3, -0.25) is 0 Å². The Morgan fingerprint density at radius 3 is 2.24 bits per heavy atom. The van der Waals surface area contributed by atoms with Crippen molar-refractivity contribution in [3.8, 4) is 0 Å². The molecule has 0 saturated carbocycles. The average Bonchev–Trinajstić information content (AvgIpc) is 2.37. The first-order valence-electron chi connectivity index (χ1n) is 7.56. The molecule has 2 aromatic rings. The number of benzene rings is 2. The molecule has 112 valence electrons. The Labute approximate surface area is 127 Å². The minimum atomic E-state index is -0.169. The van der Waals surface area contributed by atoms with E-state index in [1.807, 2.05) is 13.0 Å². The maximum Gasteiger partial charge on any atom is 0.123 e. The first-order chi connectivity index (χ1) is 9.99. The third kappa shape index (κ3) is 4.15. The van der Waals surface area contributed by atoms with Gasteiger partial charge < -0.3 is 5.32 Å². The summed E-state index contributed by atoms with van der Waals surface area (Å²) in [6, 6.07) is 11.9. The standard InChI is InChI=1S/C19H24FN/c1-5-21-19(18-7-6-17(20)11-15(18)4)12-16-9-13(2)8-14(3)10-16/h6-11,19,21H,5,12H2,1-4H3. The van der Waals surface area contributed by atoms with Gasteiger partial charge in [0.25, 0.3) is 0 Å². The van der Waals surface area contributed by atoms with Crippen LogP contribution in [0.25, 0.3) is 0 Å². The van der Waals surface area contributed by atoms with Crippen LogP contribution in [0.5, 0.6) is 0 Å². The first kappa shape index (κ1) is 15.7. The lowest BCUT2D eigenvalue weighted by Crippen LogP contribution is -2.23. The summed E-state index contributed by atoms with van der Waals surface area (Å²) in [6.45, 7) is 9.23. The van der Waals surface area contributed by atoms with Gasteiger partial charge in [0, 0.05) is 6.04 Å². The van der Waals surface area contributed by atoms with Gasteiger partial charge in [0.05, 0.1) is 0 Å². The van der Waals surface area contributed by atoms with Crippen molar-refractivity contribution in [1.29, 1.82) is 0 Å². The van der Waals surface area contributed by atoms with Crippen LogP contribution in [0.15, 0.2) is 36.4 Å². The minimum absolute atomic E-state index is 0.169. The van der Waals surface area contributed by atoms with Gasteiger partial charge in [-0.25, -0.2) is 4.39 Å². The molecule has 2 aromatic carbocycles. The monoisotopic (exact) mass is 285 g/mol. The highest BCUT2D eigenvalue weighted by atomic mass is 19.1. The predicted octanol–water partition coefficient (Wildman–Crippen LogP) is 4.64. The van der Waals surface area contributed by atoms with Gasteiger partial charge in [0.15, 0.2) is 0 Å². The van der Waals surface area contributed by atoms with Gasteiger partial charge in [-0.15, -0.1) is 0 Å². The molecule has 0 radical (unpaired) electrons. The van der Waals surface area contributed by atoms with E-state index in [0.29, 0.717) is 0 Å². The molecular weight excluding hydrogens is 261 g/mol. The van der Waals surface area contributed by atoms with Crippen molar-refractivity contribution in [2.24, 2.45) is 0 Å². The maximum atomic E-state index is 13.3. The van der Waals surface area contributed by atoms with Crippen molar-refractivity contribution in [2.75, 3.05) is 6.54 Å². The summed E-state index contributed by atoms with van der Waals surface area (Å²) in [5.74, 6) is -0.169. The molecule has 0 aliphatic rings. The Morgan fingerprint density at radius 2 is 1.67 bits per heavy atom. The summed E-state index contributed by atoms with van der Waals surface area (Å²) < 4.78 is 13.3. The second-order valence-electron chi connectivity index (χ2n) is 5.81. The molecule has 1 unspecified atom stereocenters. The van der Waals surface area contributed by atoms with Crippen molar-refractivity contribution in [2.45, 2.75) is 40.2 Å². The summed E-state index contributed by atoms with van der Waals surface area (Å²) in [6.07, 6.45) is 0.919. The van der Waals surface area contributed by atoms with Gasteiger partial charge in [0.1, 0.15) is 5.82 Å². The fourth-order valence-corrected chi connectivity index (χ4v) is 2.99. The molecule has 0 amide bonds. The number of likely N-dealkylation sites (N-methyl/N-ethyl adjacent to an activating group) is 1. The summed E-state index contributed by atoms with van der Waals surface area (Å²) >= 11 is 0. The molecule has 0 spiro atoms. The van der Waals surface area contributed by atoms with E-state index in [-0.39, 0.29) is 11.9 Å². The van der Waals surface area contributed by atoms with Crippen LogP contribution in [-0.2, 0) is 6.42 Å². The molecular formula is C19H24FN. The van der Waals surface area contributed by atoms with Crippen molar-refractivity contribution in [1.82, 2.24) is 5.32 Å². The van der Waals surface area contributed by atoms with Gasteiger partial charge in [-0.1, -0.05) is 42.3 Å². The molecule has 21 heavy (non-hydrogen) atoms. The van der Waals surface area contributed by atoms with Crippen LogP contribution in [0.1, 0.15) is 40.8 Å². The van der Waals surface area contributed by atoms with Crippen LogP contribution in [0.3, 0.4) is 0 Å².